The summed E-state index contributed by atoms with van der Waals surface area (Å²) in [5, 5.41) is 27.1. The van der Waals surface area contributed by atoms with Gasteiger partial charge in [0.2, 0.25) is 0 Å². The van der Waals surface area contributed by atoms with E-state index in [1.165, 1.54) is 19.2 Å². The number of rotatable bonds is 9. The number of aliphatic carboxylic acids is 1. The molecule has 11 heteroatoms. The van der Waals surface area contributed by atoms with Gasteiger partial charge in [-0.25, -0.2) is 9.78 Å². The number of hydrogen-bond acceptors (Lipinski definition) is 7. The molecule has 2 unspecified atom stereocenters. The Morgan fingerprint density at radius 2 is 1.94 bits per heavy atom. The quantitative estimate of drug-likeness (QED) is 0.292. The van der Waals surface area contributed by atoms with Gasteiger partial charge in [-0.3, -0.25) is 19.3 Å². The Kier molecular flexibility index (Phi) is 7.51. The summed E-state index contributed by atoms with van der Waals surface area (Å²) < 4.78 is 6.86. The predicted molar refractivity (Wildman–Crippen MR) is 136 cm³/mol. The Labute approximate surface area is 208 Å². The van der Waals surface area contributed by atoms with Crippen molar-refractivity contribution >= 4 is 29.0 Å². The molecule has 0 aliphatic rings. The highest BCUT2D eigenvalue weighted by molar-refractivity contribution is 5.97. The lowest BCUT2D eigenvalue weighted by molar-refractivity contribution is -0.385. The second-order valence-electron chi connectivity index (χ2n) is 9.65. The Balaban J connectivity index is 2.11. The van der Waals surface area contributed by atoms with E-state index in [0.29, 0.717) is 29.1 Å². The van der Waals surface area contributed by atoms with Crippen molar-refractivity contribution in [2.24, 2.45) is 5.92 Å². The minimum Gasteiger partial charge on any atom is -0.490 e. The highest BCUT2D eigenvalue weighted by atomic mass is 16.6. The average Bonchev–Trinajstić information content (AvgIpc) is 3.17. The number of carboxylic acids is 1. The number of carbonyl (C=O) groups is 2. The van der Waals surface area contributed by atoms with E-state index < -0.39 is 22.8 Å². The van der Waals surface area contributed by atoms with E-state index in [4.69, 9.17) is 4.74 Å². The molecule has 0 aliphatic heterocycles. The van der Waals surface area contributed by atoms with E-state index in [9.17, 15) is 24.8 Å². The molecule has 0 bridgehead atoms. The van der Waals surface area contributed by atoms with E-state index in [1.54, 1.807) is 35.7 Å². The Bertz CT molecular complexity index is 1310. The van der Waals surface area contributed by atoms with Crippen molar-refractivity contribution in [1.82, 2.24) is 14.7 Å². The van der Waals surface area contributed by atoms with Crippen molar-refractivity contribution in [3.63, 3.8) is 0 Å². The number of nitrogens with one attached hydrogen (secondary N) is 2. The summed E-state index contributed by atoms with van der Waals surface area (Å²) in [5.41, 5.74) is 1.04. The number of hydrogen-bond donors (Lipinski definition) is 3. The molecule has 2 atom stereocenters. The molecule has 0 radical (unpaired) electrons. The molecule has 192 valence electrons. The van der Waals surface area contributed by atoms with E-state index in [1.807, 2.05) is 27.7 Å². The van der Waals surface area contributed by atoms with Crippen LogP contribution in [0, 0.1) is 16.0 Å². The lowest BCUT2D eigenvalue weighted by Crippen LogP contribution is -2.45. The van der Waals surface area contributed by atoms with Crippen LogP contribution in [0.15, 0.2) is 36.5 Å². The number of nitrogens with zero attached hydrogens (tertiary/aromatic N) is 3. The topological polar surface area (TPSA) is 148 Å². The molecule has 1 aromatic carbocycles. The summed E-state index contributed by atoms with van der Waals surface area (Å²) >= 11 is 0. The summed E-state index contributed by atoms with van der Waals surface area (Å²) in [5.74, 6) is -1.15. The Hall–Kier alpha value is -4.15. The molecule has 0 saturated heterocycles. The van der Waals surface area contributed by atoms with Gasteiger partial charge in [0.25, 0.3) is 5.91 Å². The number of carboxylic acid groups (broad SMARTS) is 1. The van der Waals surface area contributed by atoms with Gasteiger partial charge in [0, 0.05) is 28.9 Å². The maximum atomic E-state index is 12.9. The van der Waals surface area contributed by atoms with Crippen LogP contribution in [0.5, 0.6) is 5.75 Å². The van der Waals surface area contributed by atoms with Gasteiger partial charge in [-0.1, -0.05) is 20.3 Å². The molecule has 3 aromatic rings. The monoisotopic (exact) mass is 497 g/mol. The molecule has 0 saturated carbocycles. The van der Waals surface area contributed by atoms with Gasteiger partial charge in [0.15, 0.2) is 5.75 Å². The second-order valence-corrected chi connectivity index (χ2v) is 9.65. The minimum absolute atomic E-state index is 0.131. The zero-order chi connectivity index (χ0) is 26.8. The number of imidazole rings is 1. The first-order chi connectivity index (χ1) is 16.9. The highest BCUT2D eigenvalue weighted by Gasteiger charge is 2.27. The molecule has 3 N–H and O–H groups in total. The lowest BCUT2D eigenvalue weighted by Gasteiger charge is -2.23. The molecule has 2 aromatic heterocycles. The first-order valence-corrected chi connectivity index (χ1v) is 11.5. The van der Waals surface area contributed by atoms with Crippen LogP contribution in [-0.2, 0) is 4.79 Å². The molecule has 2 heterocycles. The number of fused-ring (bicyclic) bond motifs is 1. The molecule has 3 rings (SSSR count). The number of benzene rings is 1. The molecule has 1 amide bonds. The van der Waals surface area contributed by atoms with Crippen molar-refractivity contribution in [1.29, 1.82) is 0 Å². The molecule has 36 heavy (non-hydrogen) atoms. The summed E-state index contributed by atoms with van der Waals surface area (Å²) in [6, 6.07) is 6.70. The van der Waals surface area contributed by atoms with E-state index in [2.05, 4.69) is 15.6 Å². The second kappa shape index (κ2) is 10.2. The number of aromatic nitrogens is 2. The largest absolute Gasteiger partial charge is 0.490 e. The van der Waals surface area contributed by atoms with Crippen LogP contribution in [0.25, 0.3) is 16.9 Å². The minimum atomic E-state index is -1.10. The number of amides is 1. The summed E-state index contributed by atoms with van der Waals surface area (Å²) in [7, 11) is 1.36. The zero-order valence-electron chi connectivity index (χ0n) is 21.2. The van der Waals surface area contributed by atoms with Crippen molar-refractivity contribution in [2.45, 2.75) is 52.6 Å². The van der Waals surface area contributed by atoms with Crippen LogP contribution in [0.1, 0.15) is 51.4 Å². The van der Waals surface area contributed by atoms with Crippen LogP contribution in [0.4, 0.5) is 11.5 Å². The summed E-state index contributed by atoms with van der Waals surface area (Å²) in [6.07, 6.45) is 2.25. The number of carbonyl (C=O) groups excluding carboxylic acids is 1. The Morgan fingerprint density at radius 1 is 1.25 bits per heavy atom. The highest BCUT2D eigenvalue weighted by Crippen LogP contribution is 2.36. The van der Waals surface area contributed by atoms with Gasteiger partial charge >= 0.3 is 11.7 Å². The standard InChI is InChI=1S/C25H31N5O6/c1-7-14(2)20(24(32)33)27-23(31)16-10-11-29-19(13-16)26-21(22(29)28-25(3,4)5)15-8-9-18(36-6)17(12-15)30(34)35/h8-14,20,28H,7H2,1-6H3,(H,27,31)(H,32,33). The fraction of sp³-hybridized carbons (Fsp3) is 0.400. The molecular formula is C25H31N5O6. The number of methoxy groups -OCH3 is 1. The van der Waals surface area contributed by atoms with E-state index in [0.717, 1.165) is 0 Å². The van der Waals surface area contributed by atoms with Crippen LogP contribution < -0.4 is 15.4 Å². The summed E-state index contributed by atoms with van der Waals surface area (Å²) in [4.78, 5) is 40.3. The van der Waals surface area contributed by atoms with Gasteiger partial charge in [-0.15, -0.1) is 0 Å². The van der Waals surface area contributed by atoms with E-state index >= 15 is 0 Å². The first kappa shape index (κ1) is 26.5. The third-order valence-electron chi connectivity index (χ3n) is 5.80. The third-order valence-corrected chi connectivity index (χ3v) is 5.80. The van der Waals surface area contributed by atoms with Crippen LogP contribution in [0.3, 0.4) is 0 Å². The zero-order valence-corrected chi connectivity index (χ0v) is 21.2. The molecular weight excluding hydrogens is 466 g/mol. The van der Waals surface area contributed by atoms with Crippen molar-refractivity contribution < 1.29 is 24.4 Å². The van der Waals surface area contributed by atoms with Crippen molar-refractivity contribution in [3.8, 4) is 17.0 Å². The van der Waals surface area contributed by atoms with Crippen molar-refractivity contribution in [3.05, 3.63) is 52.2 Å². The van der Waals surface area contributed by atoms with Crippen LogP contribution >= 0.6 is 0 Å². The first-order valence-electron chi connectivity index (χ1n) is 11.5. The number of ether oxygens (including phenoxy) is 1. The van der Waals surface area contributed by atoms with Gasteiger partial charge in [0.05, 0.1) is 12.0 Å². The molecule has 0 fully saturated rings. The number of nitro groups is 1. The van der Waals surface area contributed by atoms with Gasteiger partial charge < -0.3 is 20.5 Å². The number of nitro benzene ring substituents is 1. The average molecular weight is 498 g/mol. The maximum Gasteiger partial charge on any atom is 0.326 e. The van der Waals surface area contributed by atoms with Gasteiger partial charge in [0.1, 0.15) is 23.2 Å². The van der Waals surface area contributed by atoms with Gasteiger partial charge in [-0.05, 0) is 51.0 Å². The van der Waals surface area contributed by atoms with E-state index in [-0.39, 0.29) is 28.5 Å². The van der Waals surface area contributed by atoms with Crippen molar-refractivity contribution in [2.75, 3.05) is 12.4 Å². The predicted octanol–water partition coefficient (Wildman–Crippen LogP) is 4.36. The van der Waals surface area contributed by atoms with Crippen LogP contribution in [0.2, 0.25) is 0 Å². The SMILES string of the molecule is CCC(C)C(NC(=O)c1ccn2c(NC(C)(C)C)c(-c3ccc(OC)c([N+](=O)[O-])c3)nc2c1)C(=O)O. The fourth-order valence-electron chi connectivity index (χ4n) is 3.75. The number of pyridine rings is 1. The Morgan fingerprint density at radius 3 is 2.50 bits per heavy atom. The third kappa shape index (κ3) is 5.56. The molecule has 0 spiro atoms. The molecule has 11 nitrogen and oxygen atoms in total. The van der Waals surface area contributed by atoms with Crippen LogP contribution in [-0.4, -0.2) is 50.0 Å². The summed E-state index contributed by atoms with van der Waals surface area (Å²) in [6.45, 7) is 9.53. The lowest BCUT2D eigenvalue weighted by atomic mass is 9.99. The molecule has 0 aliphatic carbocycles. The smallest absolute Gasteiger partial charge is 0.326 e. The fourth-order valence-corrected chi connectivity index (χ4v) is 3.75. The number of anilines is 1. The normalized spacial score (nSPS) is 13.2. The maximum absolute atomic E-state index is 12.9. The van der Waals surface area contributed by atoms with Gasteiger partial charge in [-0.2, -0.15) is 0 Å².